The summed E-state index contributed by atoms with van der Waals surface area (Å²) >= 11 is 1.38. The predicted molar refractivity (Wildman–Crippen MR) is 111 cm³/mol. The molecule has 0 bridgehead atoms. The summed E-state index contributed by atoms with van der Waals surface area (Å²) in [5.41, 5.74) is 2.26. The summed E-state index contributed by atoms with van der Waals surface area (Å²) in [6, 6.07) is 5.57. The highest BCUT2D eigenvalue weighted by atomic mass is 32.2. The third-order valence-electron chi connectivity index (χ3n) is 4.99. The van der Waals surface area contributed by atoms with E-state index < -0.39 is 15.8 Å². The summed E-state index contributed by atoms with van der Waals surface area (Å²) in [6.45, 7) is 7.48. The molecule has 2 rings (SSSR count). The van der Waals surface area contributed by atoms with E-state index in [1.54, 1.807) is 4.90 Å². The van der Waals surface area contributed by atoms with Crippen LogP contribution in [0.5, 0.6) is 0 Å². The molecule has 0 radical (unpaired) electrons. The van der Waals surface area contributed by atoms with Crippen LogP contribution in [0.4, 0.5) is 0 Å². The van der Waals surface area contributed by atoms with Gasteiger partial charge in [0.25, 0.3) is 5.91 Å². The molecule has 0 spiro atoms. The topological polar surface area (TPSA) is 80.8 Å². The Bertz CT molecular complexity index is 822. The summed E-state index contributed by atoms with van der Waals surface area (Å²) < 4.78 is 28.8. The van der Waals surface area contributed by atoms with Crippen LogP contribution in [0.25, 0.3) is 0 Å². The SMILES string of the molecule is CC[C@@H](C)N(C(=O)COC(=O)CSc1ccc(C)cc1C)[C@@H]1CCS(=O)(=O)C1. The van der Waals surface area contributed by atoms with E-state index in [4.69, 9.17) is 4.74 Å². The Kier molecular flexibility index (Phi) is 7.95. The molecular formula is C20H29NO5S2. The van der Waals surface area contributed by atoms with Gasteiger partial charge in [-0.15, -0.1) is 11.8 Å². The maximum atomic E-state index is 12.7. The van der Waals surface area contributed by atoms with E-state index >= 15 is 0 Å². The Balaban J connectivity index is 1.89. The first-order valence-electron chi connectivity index (χ1n) is 9.50. The fraction of sp³-hybridized carbons (Fsp3) is 0.600. The first kappa shape index (κ1) is 22.7. The molecule has 1 saturated heterocycles. The van der Waals surface area contributed by atoms with Crippen LogP contribution in [-0.2, 0) is 24.2 Å². The number of thioether (sulfide) groups is 1. The molecule has 28 heavy (non-hydrogen) atoms. The zero-order valence-electron chi connectivity index (χ0n) is 16.9. The van der Waals surface area contributed by atoms with Gasteiger partial charge in [0.2, 0.25) is 0 Å². The number of nitrogens with zero attached hydrogens (tertiary/aromatic N) is 1. The largest absolute Gasteiger partial charge is 0.455 e. The molecule has 1 amide bonds. The van der Waals surface area contributed by atoms with Gasteiger partial charge in [0.05, 0.1) is 17.3 Å². The number of carbonyl (C=O) groups excluding carboxylic acids is 2. The summed E-state index contributed by atoms with van der Waals surface area (Å²) in [7, 11) is -3.10. The van der Waals surface area contributed by atoms with E-state index in [0.29, 0.717) is 12.8 Å². The molecule has 1 aliphatic rings. The van der Waals surface area contributed by atoms with Gasteiger partial charge in [-0.05, 0) is 45.2 Å². The lowest BCUT2D eigenvalue weighted by molar-refractivity contribution is -0.152. The van der Waals surface area contributed by atoms with E-state index in [0.717, 1.165) is 16.0 Å². The monoisotopic (exact) mass is 427 g/mol. The standard InChI is InChI=1S/C20H29NO5S2/c1-5-16(4)21(17-8-9-28(24,25)13-17)19(22)11-26-20(23)12-27-18-7-6-14(2)10-15(18)3/h6-7,10,16-17H,5,8-9,11-13H2,1-4H3/t16-,17-/m1/s1. The minimum absolute atomic E-state index is 0.0143. The maximum absolute atomic E-state index is 12.7. The van der Waals surface area contributed by atoms with Crippen molar-refractivity contribution in [1.29, 1.82) is 0 Å². The van der Waals surface area contributed by atoms with Gasteiger partial charge in [-0.25, -0.2) is 8.42 Å². The van der Waals surface area contributed by atoms with Gasteiger partial charge < -0.3 is 9.64 Å². The highest BCUT2D eigenvalue weighted by Gasteiger charge is 2.36. The summed E-state index contributed by atoms with van der Waals surface area (Å²) in [5, 5.41) is 0. The van der Waals surface area contributed by atoms with E-state index in [1.165, 1.54) is 11.8 Å². The highest BCUT2D eigenvalue weighted by Crippen LogP contribution is 2.24. The molecule has 1 fully saturated rings. The van der Waals surface area contributed by atoms with Crippen molar-refractivity contribution in [2.75, 3.05) is 23.9 Å². The second-order valence-electron chi connectivity index (χ2n) is 7.33. The summed E-state index contributed by atoms with van der Waals surface area (Å²) in [5.74, 6) is -0.579. The normalized spacial score (nSPS) is 19.2. The molecular weight excluding hydrogens is 398 g/mol. The van der Waals surface area contributed by atoms with Gasteiger partial charge in [-0.2, -0.15) is 0 Å². The van der Waals surface area contributed by atoms with Gasteiger partial charge in [-0.1, -0.05) is 24.6 Å². The van der Waals surface area contributed by atoms with Gasteiger partial charge in [0.15, 0.2) is 16.4 Å². The van der Waals surface area contributed by atoms with E-state index in [2.05, 4.69) is 6.07 Å². The third-order valence-corrected chi connectivity index (χ3v) is 7.89. The van der Waals surface area contributed by atoms with Crippen LogP contribution < -0.4 is 0 Å². The molecule has 8 heteroatoms. The van der Waals surface area contributed by atoms with Crippen molar-refractivity contribution < 1.29 is 22.7 Å². The first-order valence-corrected chi connectivity index (χ1v) is 12.3. The number of hydrogen-bond acceptors (Lipinski definition) is 6. The van der Waals surface area contributed by atoms with Gasteiger partial charge in [-0.3, -0.25) is 9.59 Å². The molecule has 1 heterocycles. The molecule has 1 aromatic rings. The molecule has 1 aliphatic heterocycles. The molecule has 0 aromatic heterocycles. The molecule has 1 aromatic carbocycles. The number of esters is 1. The lowest BCUT2D eigenvalue weighted by Gasteiger charge is -2.33. The molecule has 156 valence electrons. The third kappa shape index (κ3) is 6.24. The predicted octanol–water partition coefficient (Wildman–Crippen LogP) is 2.75. The molecule has 6 nitrogen and oxygen atoms in total. The number of ether oxygens (including phenoxy) is 1. The minimum atomic E-state index is -3.10. The smallest absolute Gasteiger partial charge is 0.316 e. The van der Waals surface area contributed by atoms with Gasteiger partial charge >= 0.3 is 5.97 Å². The number of aryl methyl sites for hydroxylation is 2. The Morgan fingerprint density at radius 1 is 1.32 bits per heavy atom. The summed E-state index contributed by atoms with van der Waals surface area (Å²) in [4.78, 5) is 27.3. The lowest BCUT2D eigenvalue weighted by atomic mass is 10.1. The number of hydrogen-bond donors (Lipinski definition) is 0. The Morgan fingerprint density at radius 2 is 2.04 bits per heavy atom. The number of amides is 1. The molecule has 0 aliphatic carbocycles. The van der Waals surface area contributed by atoms with Crippen LogP contribution in [0.3, 0.4) is 0 Å². The zero-order valence-corrected chi connectivity index (χ0v) is 18.6. The number of carbonyl (C=O) groups is 2. The summed E-state index contributed by atoms with van der Waals surface area (Å²) in [6.07, 6.45) is 1.15. The van der Waals surface area contributed by atoms with E-state index in [1.807, 2.05) is 39.8 Å². The minimum Gasteiger partial charge on any atom is -0.455 e. The molecule has 0 N–H and O–H groups in total. The number of sulfone groups is 1. The highest BCUT2D eigenvalue weighted by molar-refractivity contribution is 8.00. The fourth-order valence-electron chi connectivity index (χ4n) is 3.36. The number of benzene rings is 1. The van der Waals surface area contributed by atoms with Crippen LogP contribution in [-0.4, -0.2) is 61.1 Å². The second kappa shape index (κ2) is 9.78. The molecule has 0 unspecified atom stereocenters. The average Bonchev–Trinajstić information content (AvgIpc) is 2.98. The Morgan fingerprint density at radius 3 is 2.61 bits per heavy atom. The fourth-order valence-corrected chi connectivity index (χ4v) is 5.88. The van der Waals surface area contributed by atoms with Crippen molar-refractivity contribution in [2.45, 2.75) is 57.5 Å². The van der Waals surface area contributed by atoms with Crippen LogP contribution in [0.2, 0.25) is 0 Å². The van der Waals surface area contributed by atoms with Crippen LogP contribution in [0, 0.1) is 13.8 Å². The van der Waals surface area contributed by atoms with Gasteiger partial charge in [0.1, 0.15) is 0 Å². The molecule has 0 saturated carbocycles. The molecule has 2 atom stereocenters. The number of rotatable bonds is 8. The Hall–Kier alpha value is -1.54. The van der Waals surface area contributed by atoms with Crippen LogP contribution in [0.15, 0.2) is 23.1 Å². The van der Waals surface area contributed by atoms with E-state index in [9.17, 15) is 18.0 Å². The van der Waals surface area contributed by atoms with Crippen LogP contribution in [0.1, 0.15) is 37.8 Å². The van der Waals surface area contributed by atoms with Gasteiger partial charge in [0, 0.05) is 17.0 Å². The van der Waals surface area contributed by atoms with Crippen molar-refractivity contribution in [3.05, 3.63) is 29.3 Å². The van der Waals surface area contributed by atoms with Crippen molar-refractivity contribution in [3.63, 3.8) is 0 Å². The first-order chi connectivity index (χ1) is 13.1. The lowest BCUT2D eigenvalue weighted by Crippen LogP contribution is -2.48. The zero-order chi connectivity index (χ0) is 20.9. The van der Waals surface area contributed by atoms with Crippen molar-refractivity contribution >= 4 is 33.5 Å². The second-order valence-corrected chi connectivity index (χ2v) is 10.6. The van der Waals surface area contributed by atoms with Crippen molar-refractivity contribution in [1.82, 2.24) is 4.90 Å². The quantitative estimate of drug-likeness (QED) is 0.469. The van der Waals surface area contributed by atoms with Crippen LogP contribution >= 0.6 is 11.8 Å². The van der Waals surface area contributed by atoms with Crippen molar-refractivity contribution in [3.8, 4) is 0 Å². The average molecular weight is 428 g/mol. The maximum Gasteiger partial charge on any atom is 0.316 e. The Labute approximate surface area is 171 Å². The van der Waals surface area contributed by atoms with Crippen molar-refractivity contribution in [2.24, 2.45) is 0 Å². The van der Waals surface area contributed by atoms with E-state index in [-0.39, 0.29) is 41.9 Å².